The van der Waals surface area contributed by atoms with Crippen LogP contribution in [0.3, 0.4) is 0 Å². The molecule has 0 bridgehead atoms. The Morgan fingerprint density at radius 2 is 2.50 bits per heavy atom. The lowest BCUT2D eigenvalue weighted by molar-refractivity contribution is -0.150. The molecule has 0 aliphatic carbocycles. The van der Waals surface area contributed by atoms with Crippen molar-refractivity contribution < 1.29 is 19.1 Å². The van der Waals surface area contributed by atoms with Gasteiger partial charge in [0.2, 0.25) is 0 Å². The second-order valence-electron chi connectivity index (χ2n) is 4.52. The molecule has 1 N–H and O–H groups in total. The Hall–Kier alpha value is -1.70. The second kappa shape index (κ2) is 5.74. The summed E-state index contributed by atoms with van der Waals surface area (Å²) in [5.74, 6) is -0.121. The normalized spacial score (nSPS) is 20.1. The third-order valence-corrected chi connectivity index (χ3v) is 4.08. The number of carboxylic acids is 1. The quantitative estimate of drug-likeness (QED) is 0.924. The number of carboxylic acid groups (broad SMARTS) is 1. The van der Waals surface area contributed by atoms with Crippen molar-refractivity contribution in [3.05, 3.63) is 29.5 Å². The number of aromatic nitrogens is 1. The number of ether oxygens (including phenoxy) is 1. The molecule has 1 unspecified atom stereocenters. The van der Waals surface area contributed by atoms with Gasteiger partial charge in [-0.05, 0) is 12.1 Å². The molecule has 6 nitrogen and oxygen atoms in total. The molecule has 0 saturated carbocycles. The van der Waals surface area contributed by atoms with Crippen LogP contribution < -0.4 is 0 Å². The number of thiazole rings is 1. The predicted octanol–water partition coefficient (Wildman–Crippen LogP) is 1.69. The van der Waals surface area contributed by atoms with E-state index in [4.69, 9.17) is 9.15 Å². The van der Waals surface area contributed by atoms with Crippen molar-refractivity contribution in [1.82, 2.24) is 9.88 Å². The topological polar surface area (TPSA) is 75.8 Å². The Labute approximate surface area is 119 Å². The lowest BCUT2D eigenvalue weighted by atomic mass is 10.2. The van der Waals surface area contributed by atoms with Crippen molar-refractivity contribution in [3.63, 3.8) is 0 Å². The van der Waals surface area contributed by atoms with Crippen LogP contribution in [0.25, 0.3) is 10.8 Å². The maximum atomic E-state index is 11.2. The molecule has 0 radical (unpaired) electrons. The van der Waals surface area contributed by atoms with Gasteiger partial charge in [0.1, 0.15) is 6.04 Å². The van der Waals surface area contributed by atoms with E-state index in [9.17, 15) is 9.90 Å². The van der Waals surface area contributed by atoms with Crippen LogP contribution in [0.2, 0.25) is 0 Å². The number of nitrogens with zero attached hydrogens (tertiary/aromatic N) is 2. The van der Waals surface area contributed by atoms with Crippen molar-refractivity contribution in [2.24, 2.45) is 0 Å². The summed E-state index contributed by atoms with van der Waals surface area (Å²) >= 11 is 1.50. The Bertz CT molecular complexity index is 581. The van der Waals surface area contributed by atoms with Gasteiger partial charge in [-0.25, -0.2) is 4.98 Å². The van der Waals surface area contributed by atoms with Crippen LogP contribution in [0.1, 0.15) is 5.69 Å². The average molecular weight is 294 g/mol. The SMILES string of the molecule is O=C(O)C1COCCN1Cc1csc(-c2ccco2)n1. The van der Waals surface area contributed by atoms with Gasteiger partial charge >= 0.3 is 5.97 Å². The van der Waals surface area contributed by atoms with Gasteiger partial charge < -0.3 is 14.3 Å². The van der Waals surface area contributed by atoms with Gasteiger partial charge in [-0.15, -0.1) is 11.3 Å². The van der Waals surface area contributed by atoms with Crippen molar-refractivity contribution in [3.8, 4) is 10.8 Å². The summed E-state index contributed by atoms with van der Waals surface area (Å²) in [5.41, 5.74) is 0.856. The first-order valence-electron chi connectivity index (χ1n) is 6.27. The fraction of sp³-hybridized carbons (Fsp3) is 0.385. The largest absolute Gasteiger partial charge is 0.480 e. The molecule has 0 amide bonds. The third-order valence-electron chi connectivity index (χ3n) is 3.17. The highest BCUT2D eigenvalue weighted by atomic mass is 32.1. The third kappa shape index (κ3) is 2.74. The van der Waals surface area contributed by atoms with Gasteiger partial charge in [-0.3, -0.25) is 9.69 Å². The Morgan fingerprint density at radius 1 is 1.60 bits per heavy atom. The zero-order valence-electron chi connectivity index (χ0n) is 10.7. The Balaban J connectivity index is 1.72. The molecule has 2 aromatic rings. The molecule has 106 valence electrons. The minimum atomic E-state index is -0.855. The lowest BCUT2D eigenvalue weighted by Crippen LogP contribution is -2.49. The van der Waals surface area contributed by atoms with Gasteiger partial charge in [-0.1, -0.05) is 0 Å². The standard InChI is InChI=1S/C13H14N2O4S/c16-13(17)10-7-18-5-3-15(10)6-9-8-20-12(14-9)11-2-1-4-19-11/h1-2,4,8,10H,3,5-7H2,(H,16,17). The zero-order valence-corrected chi connectivity index (χ0v) is 11.5. The molecule has 1 atom stereocenters. The van der Waals surface area contributed by atoms with E-state index in [0.717, 1.165) is 16.5 Å². The number of carbonyl (C=O) groups is 1. The molecule has 7 heteroatoms. The number of morpholine rings is 1. The van der Waals surface area contributed by atoms with Gasteiger partial charge in [0.25, 0.3) is 0 Å². The average Bonchev–Trinajstić information content (AvgIpc) is 3.09. The number of furan rings is 1. The van der Waals surface area contributed by atoms with Gasteiger partial charge in [0.05, 0.1) is 25.2 Å². The van der Waals surface area contributed by atoms with E-state index in [2.05, 4.69) is 4.98 Å². The van der Waals surface area contributed by atoms with E-state index in [1.807, 2.05) is 22.4 Å². The summed E-state index contributed by atoms with van der Waals surface area (Å²) in [6.07, 6.45) is 1.61. The molecular formula is C13H14N2O4S. The first kappa shape index (κ1) is 13.3. The number of aliphatic carboxylic acids is 1. The Morgan fingerprint density at radius 3 is 3.25 bits per heavy atom. The smallest absolute Gasteiger partial charge is 0.323 e. The monoisotopic (exact) mass is 294 g/mol. The van der Waals surface area contributed by atoms with Crippen LogP contribution in [0.15, 0.2) is 28.2 Å². The van der Waals surface area contributed by atoms with E-state index < -0.39 is 12.0 Å². The molecule has 3 heterocycles. The molecule has 1 aliphatic rings. The molecule has 0 aromatic carbocycles. The molecular weight excluding hydrogens is 280 g/mol. The summed E-state index contributed by atoms with van der Waals surface area (Å²) in [4.78, 5) is 17.6. The number of hydrogen-bond donors (Lipinski definition) is 1. The van der Waals surface area contributed by atoms with Crippen LogP contribution >= 0.6 is 11.3 Å². The van der Waals surface area contributed by atoms with E-state index >= 15 is 0 Å². The van der Waals surface area contributed by atoms with Gasteiger partial charge in [0.15, 0.2) is 10.8 Å². The Kier molecular flexibility index (Phi) is 3.81. The van der Waals surface area contributed by atoms with E-state index in [1.54, 1.807) is 6.26 Å². The summed E-state index contributed by atoms with van der Waals surface area (Å²) in [6.45, 7) is 1.89. The van der Waals surface area contributed by atoms with Crippen LogP contribution in [0, 0.1) is 0 Å². The molecule has 3 rings (SSSR count). The van der Waals surface area contributed by atoms with E-state index in [1.165, 1.54) is 11.3 Å². The molecule has 1 aliphatic heterocycles. The predicted molar refractivity (Wildman–Crippen MR) is 72.5 cm³/mol. The van der Waals surface area contributed by atoms with Crippen molar-refractivity contribution in [2.45, 2.75) is 12.6 Å². The molecule has 0 spiro atoms. The summed E-state index contributed by atoms with van der Waals surface area (Å²) in [7, 11) is 0. The van der Waals surface area contributed by atoms with Crippen LogP contribution in [0.5, 0.6) is 0 Å². The highest BCUT2D eigenvalue weighted by molar-refractivity contribution is 7.13. The van der Waals surface area contributed by atoms with E-state index in [0.29, 0.717) is 19.7 Å². The zero-order chi connectivity index (χ0) is 13.9. The molecule has 1 saturated heterocycles. The number of rotatable bonds is 4. The van der Waals surface area contributed by atoms with Gasteiger partial charge in [-0.2, -0.15) is 0 Å². The summed E-state index contributed by atoms with van der Waals surface area (Å²) < 4.78 is 10.5. The lowest BCUT2D eigenvalue weighted by Gasteiger charge is -2.32. The summed E-state index contributed by atoms with van der Waals surface area (Å²) in [5, 5.41) is 11.9. The van der Waals surface area contributed by atoms with Crippen LogP contribution in [0.4, 0.5) is 0 Å². The first-order chi connectivity index (χ1) is 9.74. The number of hydrogen-bond acceptors (Lipinski definition) is 6. The van der Waals surface area contributed by atoms with Gasteiger partial charge in [0, 0.05) is 18.5 Å². The maximum Gasteiger partial charge on any atom is 0.323 e. The minimum absolute atomic E-state index is 0.227. The van der Waals surface area contributed by atoms with Crippen LogP contribution in [-0.4, -0.2) is 46.8 Å². The van der Waals surface area contributed by atoms with Crippen molar-refractivity contribution in [2.75, 3.05) is 19.8 Å². The minimum Gasteiger partial charge on any atom is -0.480 e. The summed E-state index contributed by atoms with van der Waals surface area (Å²) in [6, 6.07) is 3.08. The maximum absolute atomic E-state index is 11.2. The fourth-order valence-electron chi connectivity index (χ4n) is 2.16. The molecule has 1 fully saturated rings. The highest BCUT2D eigenvalue weighted by Gasteiger charge is 2.29. The second-order valence-corrected chi connectivity index (χ2v) is 5.38. The van der Waals surface area contributed by atoms with Crippen molar-refractivity contribution in [1.29, 1.82) is 0 Å². The molecule has 2 aromatic heterocycles. The molecule has 20 heavy (non-hydrogen) atoms. The first-order valence-corrected chi connectivity index (χ1v) is 7.15. The fourth-order valence-corrected chi connectivity index (χ4v) is 2.93. The highest BCUT2D eigenvalue weighted by Crippen LogP contribution is 2.25. The van der Waals surface area contributed by atoms with Crippen LogP contribution in [-0.2, 0) is 16.1 Å². The van der Waals surface area contributed by atoms with Crippen molar-refractivity contribution >= 4 is 17.3 Å². The van der Waals surface area contributed by atoms with E-state index in [-0.39, 0.29) is 6.61 Å².